The van der Waals surface area contributed by atoms with Crippen LogP contribution < -0.4 is 5.32 Å². The van der Waals surface area contributed by atoms with Gasteiger partial charge < -0.3 is 20.6 Å². The predicted molar refractivity (Wildman–Crippen MR) is 68.3 cm³/mol. The van der Waals surface area contributed by atoms with E-state index < -0.39 is 23.2 Å². The molecule has 1 aliphatic rings. The lowest BCUT2D eigenvalue weighted by Crippen LogP contribution is -2.55. The van der Waals surface area contributed by atoms with Gasteiger partial charge in [-0.15, -0.1) is 0 Å². The van der Waals surface area contributed by atoms with E-state index in [1.807, 2.05) is 13.8 Å². The Morgan fingerprint density at radius 1 is 1.44 bits per heavy atom. The number of rotatable bonds is 5. The molecule has 1 saturated carbocycles. The maximum atomic E-state index is 10.8. The number of hydrogen-bond donors (Lipinski definition) is 4. The monoisotopic (exact) mass is 259 g/mol. The number of β-amino-alcohol motifs (C(OH)–C–C–N with tert-alkyl or cyclic N) is 1. The molecule has 0 spiro atoms. The Hall–Kier alpha value is -0.650. The van der Waals surface area contributed by atoms with Crippen LogP contribution >= 0.6 is 0 Å². The van der Waals surface area contributed by atoms with Gasteiger partial charge in [0.2, 0.25) is 0 Å². The van der Waals surface area contributed by atoms with E-state index in [1.165, 1.54) is 0 Å². The van der Waals surface area contributed by atoms with Crippen LogP contribution in [0.1, 0.15) is 46.5 Å². The number of hydrogen-bond acceptors (Lipinski definition) is 4. The molecule has 1 aliphatic carbocycles. The molecule has 1 atom stereocenters. The second-order valence-corrected chi connectivity index (χ2v) is 6.09. The second-order valence-electron chi connectivity index (χ2n) is 6.09. The van der Waals surface area contributed by atoms with Gasteiger partial charge in [0.05, 0.1) is 17.6 Å². The fourth-order valence-corrected chi connectivity index (χ4v) is 2.12. The van der Waals surface area contributed by atoms with Crippen LogP contribution in [-0.4, -0.2) is 45.1 Å². The lowest BCUT2D eigenvalue weighted by Gasteiger charge is -2.39. The molecule has 1 rings (SSSR count). The number of aliphatic carboxylic acids is 1. The summed E-state index contributed by atoms with van der Waals surface area (Å²) in [5.41, 5.74) is -1.31. The number of carboxylic acids is 1. The average Bonchev–Trinajstić information content (AvgIpc) is 2.27. The highest BCUT2D eigenvalue weighted by atomic mass is 16.4. The van der Waals surface area contributed by atoms with Gasteiger partial charge in [0.1, 0.15) is 0 Å². The van der Waals surface area contributed by atoms with Crippen LogP contribution in [0, 0.1) is 5.92 Å². The van der Waals surface area contributed by atoms with Crippen LogP contribution in [-0.2, 0) is 4.79 Å². The van der Waals surface area contributed by atoms with E-state index >= 15 is 0 Å². The molecule has 0 aromatic carbocycles. The number of nitrogens with one attached hydrogen (secondary N) is 1. The molecule has 0 bridgehead atoms. The SMILES string of the molecule is CC(O)C(C)(C)NCC1(O)CCC(C(=O)O)CC1. The molecule has 5 nitrogen and oxygen atoms in total. The van der Waals surface area contributed by atoms with E-state index in [9.17, 15) is 15.0 Å². The summed E-state index contributed by atoms with van der Waals surface area (Å²) in [4.78, 5) is 10.8. The third-order valence-corrected chi connectivity index (χ3v) is 4.18. The molecule has 1 fully saturated rings. The summed E-state index contributed by atoms with van der Waals surface area (Å²) in [6, 6.07) is 0. The largest absolute Gasteiger partial charge is 0.481 e. The summed E-state index contributed by atoms with van der Waals surface area (Å²) in [7, 11) is 0. The summed E-state index contributed by atoms with van der Waals surface area (Å²) >= 11 is 0. The Bertz CT molecular complexity index is 293. The molecule has 0 heterocycles. The maximum absolute atomic E-state index is 10.8. The number of carbonyl (C=O) groups is 1. The van der Waals surface area contributed by atoms with Crippen molar-refractivity contribution >= 4 is 5.97 Å². The Kier molecular flexibility index (Phi) is 4.75. The molecule has 0 aromatic heterocycles. The van der Waals surface area contributed by atoms with Crippen LogP contribution in [0.5, 0.6) is 0 Å². The zero-order valence-electron chi connectivity index (χ0n) is 11.4. The first-order valence-electron chi connectivity index (χ1n) is 6.54. The van der Waals surface area contributed by atoms with Crippen molar-refractivity contribution in [2.24, 2.45) is 5.92 Å². The zero-order chi connectivity index (χ0) is 14.0. The first-order valence-corrected chi connectivity index (χ1v) is 6.54. The van der Waals surface area contributed by atoms with Gasteiger partial charge in [0.15, 0.2) is 0 Å². The normalized spacial score (nSPS) is 31.1. The summed E-state index contributed by atoms with van der Waals surface area (Å²) < 4.78 is 0. The van der Waals surface area contributed by atoms with Crippen molar-refractivity contribution in [2.75, 3.05) is 6.54 Å². The Morgan fingerprint density at radius 2 is 1.94 bits per heavy atom. The fourth-order valence-electron chi connectivity index (χ4n) is 2.12. The van der Waals surface area contributed by atoms with Gasteiger partial charge in [-0.1, -0.05) is 0 Å². The van der Waals surface area contributed by atoms with Gasteiger partial charge in [-0.3, -0.25) is 4.79 Å². The zero-order valence-corrected chi connectivity index (χ0v) is 11.4. The molecule has 1 unspecified atom stereocenters. The molecule has 106 valence electrons. The predicted octanol–water partition coefficient (Wildman–Crippen LogP) is 0.741. The van der Waals surface area contributed by atoms with E-state index in [2.05, 4.69) is 5.32 Å². The van der Waals surface area contributed by atoms with E-state index in [-0.39, 0.29) is 5.92 Å². The van der Waals surface area contributed by atoms with Crippen molar-refractivity contribution in [3.05, 3.63) is 0 Å². The van der Waals surface area contributed by atoms with Gasteiger partial charge in [-0.25, -0.2) is 0 Å². The molecule has 0 aromatic rings. The van der Waals surface area contributed by atoms with Gasteiger partial charge in [0, 0.05) is 12.1 Å². The third kappa shape index (κ3) is 3.93. The minimum atomic E-state index is -0.849. The highest BCUT2D eigenvalue weighted by molar-refractivity contribution is 5.70. The minimum absolute atomic E-state index is 0.324. The fraction of sp³-hybridized carbons (Fsp3) is 0.923. The number of carboxylic acid groups (broad SMARTS) is 1. The van der Waals surface area contributed by atoms with E-state index in [0.29, 0.717) is 32.2 Å². The smallest absolute Gasteiger partial charge is 0.306 e. The molecule has 0 saturated heterocycles. The van der Waals surface area contributed by atoms with Gasteiger partial charge in [0.25, 0.3) is 0 Å². The Morgan fingerprint density at radius 3 is 2.33 bits per heavy atom. The molecule has 18 heavy (non-hydrogen) atoms. The van der Waals surface area contributed by atoms with Crippen molar-refractivity contribution in [1.82, 2.24) is 5.32 Å². The third-order valence-electron chi connectivity index (χ3n) is 4.18. The summed E-state index contributed by atoms with van der Waals surface area (Å²) in [5.74, 6) is -1.09. The van der Waals surface area contributed by atoms with E-state index in [4.69, 9.17) is 5.11 Å². The molecular weight excluding hydrogens is 234 g/mol. The van der Waals surface area contributed by atoms with Crippen molar-refractivity contribution in [1.29, 1.82) is 0 Å². The van der Waals surface area contributed by atoms with Gasteiger partial charge in [-0.05, 0) is 46.5 Å². The first kappa shape index (κ1) is 15.4. The first-order chi connectivity index (χ1) is 8.16. The molecule has 4 N–H and O–H groups in total. The standard InChI is InChI=1S/C13H25NO4/c1-9(15)12(2,3)14-8-13(18)6-4-10(5-7-13)11(16)17/h9-10,14-15,18H,4-8H2,1-3H3,(H,16,17). The Balaban J connectivity index is 2.46. The van der Waals surface area contributed by atoms with Crippen molar-refractivity contribution in [2.45, 2.75) is 63.7 Å². The van der Waals surface area contributed by atoms with Crippen LogP contribution in [0.25, 0.3) is 0 Å². The Labute approximate surface area is 108 Å². The van der Waals surface area contributed by atoms with Crippen molar-refractivity contribution in [3.63, 3.8) is 0 Å². The lowest BCUT2D eigenvalue weighted by atomic mass is 9.78. The second kappa shape index (κ2) is 5.55. The average molecular weight is 259 g/mol. The van der Waals surface area contributed by atoms with Gasteiger partial charge >= 0.3 is 5.97 Å². The van der Waals surface area contributed by atoms with Gasteiger partial charge in [-0.2, -0.15) is 0 Å². The lowest BCUT2D eigenvalue weighted by molar-refractivity contribution is -0.144. The summed E-state index contributed by atoms with van der Waals surface area (Å²) in [6.45, 7) is 5.85. The number of aliphatic hydroxyl groups excluding tert-OH is 1. The summed E-state index contributed by atoms with van der Waals surface area (Å²) in [5, 5.41) is 32.0. The maximum Gasteiger partial charge on any atom is 0.306 e. The van der Waals surface area contributed by atoms with E-state index in [0.717, 1.165) is 0 Å². The van der Waals surface area contributed by atoms with Crippen LogP contribution in [0.2, 0.25) is 0 Å². The topological polar surface area (TPSA) is 89.8 Å². The molecule has 0 radical (unpaired) electrons. The summed E-state index contributed by atoms with van der Waals surface area (Å²) in [6.07, 6.45) is 1.50. The quantitative estimate of drug-likeness (QED) is 0.585. The van der Waals surface area contributed by atoms with Crippen LogP contribution in [0.3, 0.4) is 0 Å². The van der Waals surface area contributed by atoms with Crippen LogP contribution in [0.4, 0.5) is 0 Å². The minimum Gasteiger partial charge on any atom is -0.481 e. The highest BCUT2D eigenvalue weighted by Gasteiger charge is 2.37. The van der Waals surface area contributed by atoms with E-state index in [1.54, 1.807) is 6.92 Å². The molecule has 0 aliphatic heterocycles. The number of aliphatic hydroxyl groups is 2. The van der Waals surface area contributed by atoms with Crippen molar-refractivity contribution < 1.29 is 20.1 Å². The van der Waals surface area contributed by atoms with Crippen LogP contribution in [0.15, 0.2) is 0 Å². The molecular formula is C13H25NO4. The molecule has 5 heteroatoms. The molecule has 0 amide bonds. The highest BCUT2D eigenvalue weighted by Crippen LogP contribution is 2.32. The van der Waals surface area contributed by atoms with Crippen molar-refractivity contribution in [3.8, 4) is 0 Å².